The van der Waals surface area contributed by atoms with Crippen LogP contribution in [0.3, 0.4) is 0 Å². The number of benzene rings is 1. The molecule has 0 atom stereocenters. The lowest BCUT2D eigenvalue weighted by Crippen LogP contribution is -2.28. The second kappa shape index (κ2) is 6.90. The summed E-state index contributed by atoms with van der Waals surface area (Å²) in [6, 6.07) is 2.93. The van der Waals surface area contributed by atoms with Gasteiger partial charge in [0, 0.05) is 30.7 Å². The fraction of sp³-hybridized carbons (Fsp3) is 0.500. The van der Waals surface area contributed by atoms with Crippen LogP contribution in [0.25, 0.3) is 0 Å². The van der Waals surface area contributed by atoms with Crippen LogP contribution in [0.15, 0.2) is 17.0 Å². The Morgan fingerprint density at radius 1 is 1.32 bits per heavy atom. The molecular formula is C12H18Cl2N2O2S. The van der Waals surface area contributed by atoms with E-state index < -0.39 is 10.0 Å². The molecule has 2 N–H and O–H groups in total. The molecule has 0 radical (unpaired) electrons. The standard InChI is InChI=1S/C12H18Cl2N2O2S/c1-3-4-7-16(2)19(17,18)11-6-5-10(13)9(8-15)12(11)14/h5-6H,3-4,7-8,15H2,1-2H3. The van der Waals surface area contributed by atoms with Crippen molar-refractivity contribution in [2.45, 2.75) is 31.2 Å². The fourth-order valence-electron chi connectivity index (χ4n) is 1.63. The van der Waals surface area contributed by atoms with Gasteiger partial charge in [0.1, 0.15) is 4.90 Å². The molecule has 0 fully saturated rings. The van der Waals surface area contributed by atoms with Crippen LogP contribution in [0, 0.1) is 0 Å². The summed E-state index contributed by atoms with van der Waals surface area (Å²) in [4.78, 5) is 0.0534. The zero-order chi connectivity index (χ0) is 14.6. The summed E-state index contributed by atoms with van der Waals surface area (Å²) in [5, 5.41) is 0.487. The predicted octanol–water partition coefficient (Wildman–Crippen LogP) is 2.87. The van der Waals surface area contributed by atoms with Crippen LogP contribution in [0.1, 0.15) is 25.3 Å². The van der Waals surface area contributed by atoms with Crippen molar-refractivity contribution in [2.24, 2.45) is 5.73 Å². The zero-order valence-corrected chi connectivity index (χ0v) is 13.3. The first-order valence-corrected chi connectivity index (χ1v) is 8.19. The maximum atomic E-state index is 12.4. The zero-order valence-electron chi connectivity index (χ0n) is 11.0. The van der Waals surface area contributed by atoms with Crippen LogP contribution >= 0.6 is 23.2 Å². The summed E-state index contributed by atoms with van der Waals surface area (Å²) >= 11 is 12.0. The van der Waals surface area contributed by atoms with Gasteiger partial charge in [-0.1, -0.05) is 36.5 Å². The molecule has 0 aromatic heterocycles. The van der Waals surface area contributed by atoms with E-state index in [0.29, 0.717) is 17.1 Å². The van der Waals surface area contributed by atoms with Crippen molar-refractivity contribution in [1.29, 1.82) is 0 Å². The number of halogens is 2. The molecule has 1 aromatic rings. The van der Waals surface area contributed by atoms with Crippen molar-refractivity contribution in [3.05, 3.63) is 27.7 Å². The third-order valence-corrected chi connectivity index (χ3v) is 5.67. The lowest BCUT2D eigenvalue weighted by atomic mass is 10.2. The Morgan fingerprint density at radius 3 is 2.47 bits per heavy atom. The Balaban J connectivity index is 3.22. The molecule has 0 spiro atoms. The van der Waals surface area contributed by atoms with E-state index in [-0.39, 0.29) is 16.5 Å². The molecule has 0 amide bonds. The predicted molar refractivity (Wildman–Crippen MR) is 79.1 cm³/mol. The van der Waals surface area contributed by atoms with E-state index in [9.17, 15) is 8.42 Å². The van der Waals surface area contributed by atoms with Gasteiger partial charge in [-0.25, -0.2) is 12.7 Å². The first-order valence-electron chi connectivity index (χ1n) is 5.99. The van der Waals surface area contributed by atoms with E-state index in [1.165, 1.54) is 23.5 Å². The third kappa shape index (κ3) is 3.61. The summed E-state index contributed by atoms with van der Waals surface area (Å²) in [6.07, 6.45) is 1.72. The minimum atomic E-state index is -3.60. The summed E-state index contributed by atoms with van der Waals surface area (Å²) in [7, 11) is -2.06. The first-order chi connectivity index (χ1) is 8.86. The minimum Gasteiger partial charge on any atom is -0.326 e. The molecule has 0 aliphatic heterocycles. The Bertz CT molecular complexity index is 547. The molecule has 0 saturated carbocycles. The molecular weight excluding hydrogens is 307 g/mol. The largest absolute Gasteiger partial charge is 0.326 e. The second-order valence-corrected chi connectivity index (χ2v) is 7.02. The lowest BCUT2D eigenvalue weighted by molar-refractivity contribution is 0.459. The number of hydrogen-bond acceptors (Lipinski definition) is 3. The van der Waals surface area contributed by atoms with Gasteiger partial charge in [-0.3, -0.25) is 0 Å². The van der Waals surface area contributed by atoms with Crippen LogP contribution < -0.4 is 5.73 Å². The van der Waals surface area contributed by atoms with Crippen molar-refractivity contribution in [3.8, 4) is 0 Å². The highest BCUT2D eigenvalue weighted by molar-refractivity contribution is 7.89. The summed E-state index contributed by atoms with van der Waals surface area (Å²) in [5.74, 6) is 0. The van der Waals surface area contributed by atoms with Crippen molar-refractivity contribution >= 4 is 33.2 Å². The van der Waals surface area contributed by atoms with Crippen molar-refractivity contribution in [3.63, 3.8) is 0 Å². The minimum absolute atomic E-state index is 0.0534. The number of sulfonamides is 1. The van der Waals surface area contributed by atoms with E-state index in [2.05, 4.69) is 0 Å². The van der Waals surface area contributed by atoms with Crippen LogP contribution in [0.2, 0.25) is 10.0 Å². The van der Waals surface area contributed by atoms with Gasteiger partial charge in [0.05, 0.1) is 5.02 Å². The van der Waals surface area contributed by atoms with E-state index in [1.807, 2.05) is 6.92 Å². The number of nitrogens with zero attached hydrogens (tertiary/aromatic N) is 1. The molecule has 0 saturated heterocycles. The Hall–Kier alpha value is -0.330. The van der Waals surface area contributed by atoms with Crippen molar-refractivity contribution in [1.82, 2.24) is 4.31 Å². The maximum absolute atomic E-state index is 12.4. The van der Waals surface area contributed by atoms with E-state index in [4.69, 9.17) is 28.9 Å². The number of unbranched alkanes of at least 4 members (excludes halogenated alkanes) is 1. The molecule has 4 nitrogen and oxygen atoms in total. The van der Waals surface area contributed by atoms with E-state index >= 15 is 0 Å². The van der Waals surface area contributed by atoms with Gasteiger partial charge >= 0.3 is 0 Å². The molecule has 1 rings (SSSR count). The molecule has 1 aromatic carbocycles. The Labute approximate surface area is 124 Å². The normalized spacial score (nSPS) is 12.1. The molecule has 0 bridgehead atoms. The Kier molecular flexibility index (Phi) is 6.08. The molecule has 0 unspecified atom stereocenters. The van der Waals surface area contributed by atoms with Gasteiger partial charge in [-0.2, -0.15) is 0 Å². The molecule has 108 valence electrons. The quantitative estimate of drug-likeness (QED) is 0.875. The van der Waals surface area contributed by atoms with Crippen molar-refractivity contribution in [2.75, 3.05) is 13.6 Å². The van der Waals surface area contributed by atoms with Crippen LogP contribution in [0.5, 0.6) is 0 Å². The van der Waals surface area contributed by atoms with Gasteiger partial charge in [0.15, 0.2) is 0 Å². The first kappa shape index (κ1) is 16.7. The molecule has 19 heavy (non-hydrogen) atoms. The smallest absolute Gasteiger partial charge is 0.244 e. The molecule has 0 heterocycles. The highest BCUT2D eigenvalue weighted by Crippen LogP contribution is 2.32. The van der Waals surface area contributed by atoms with Gasteiger partial charge < -0.3 is 5.73 Å². The highest BCUT2D eigenvalue weighted by Gasteiger charge is 2.25. The second-order valence-electron chi connectivity index (χ2n) is 4.22. The summed E-state index contributed by atoms with van der Waals surface area (Å²) in [5.41, 5.74) is 5.99. The third-order valence-electron chi connectivity index (χ3n) is 2.87. The molecule has 0 aliphatic rings. The van der Waals surface area contributed by atoms with Gasteiger partial charge in [0.2, 0.25) is 10.0 Å². The topological polar surface area (TPSA) is 63.4 Å². The average Bonchev–Trinajstić information content (AvgIpc) is 2.36. The number of hydrogen-bond donors (Lipinski definition) is 1. The highest BCUT2D eigenvalue weighted by atomic mass is 35.5. The Morgan fingerprint density at radius 2 is 1.95 bits per heavy atom. The van der Waals surface area contributed by atoms with Crippen LogP contribution in [-0.2, 0) is 16.6 Å². The van der Waals surface area contributed by atoms with Gasteiger partial charge in [0.25, 0.3) is 0 Å². The van der Waals surface area contributed by atoms with E-state index in [1.54, 1.807) is 0 Å². The molecule has 0 aliphatic carbocycles. The fourth-order valence-corrected chi connectivity index (χ4v) is 3.74. The van der Waals surface area contributed by atoms with Crippen LogP contribution in [0.4, 0.5) is 0 Å². The number of rotatable bonds is 6. The molecule has 7 heteroatoms. The lowest BCUT2D eigenvalue weighted by Gasteiger charge is -2.19. The summed E-state index contributed by atoms with van der Waals surface area (Å²) in [6.45, 7) is 2.55. The average molecular weight is 325 g/mol. The number of nitrogens with two attached hydrogens (primary N) is 1. The monoisotopic (exact) mass is 324 g/mol. The van der Waals surface area contributed by atoms with Crippen LogP contribution in [-0.4, -0.2) is 26.3 Å². The maximum Gasteiger partial charge on any atom is 0.244 e. The van der Waals surface area contributed by atoms with Gasteiger partial charge in [-0.05, 0) is 18.6 Å². The SMILES string of the molecule is CCCCN(C)S(=O)(=O)c1ccc(Cl)c(CN)c1Cl. The van der Waals surface area contributed by atoms with E-state index in [0.717, 1.165) is 12.8 Å². The van der Waals surface area contributed by atoms with Gasteiger partial charge in [-0.15, -0.1) is 0 Å². The summed E-state index contributed by atoms with van der Waals surface area (Å²) < 4.78 is 26.1. The van der Waals surface area contributed by atoms with Crippen molar-refractivity contribution < 1.29 is 8.42 Å².